The summed E-state index contributed by atoms with van der Waals surface area (Å²) < 4.78 is 0. The molecule has 0 saturated heterocycles. The predicted molar refractivity (Wildman–Crippen MR) is 73.3 cm³/mol. The molecule has 5 heteroatoms. The van der Waals surface area contributed by atoms with Crippen LogP contribution in [-0.2, 0) is 0 Å². The van der Waals surface area contributed by atoms with Gasteiger partial charge in [-0.1, -0.05) is 5.57 Å². The summed E-state index contributed by atoms with van der Waals surface area (Å²) in [5.41, 5.74) is 7.63. The van der Waals surface area contributed by atoms with Crippen LogP contribution >= 0.6 is 0 Å². The number of urea groups is 1. The van der Waals surface area contributed by atoms with Crippen LogP contribution in [0.4, 0.5) is 10.5 Å². The topological polar surface area (TPSA) is 84.2 Å². The number of nitrogens with one attached hydrogen (secondary N) is 2. The van der Waals surface area contributed by atoms with Gasteiger partial charge in [-0.3, -0.25) is 10.1 Å². The molecule has 5 nitrogen and oxygen atoms in total. The molecule has 0 bridgehead atoms. The largest absolute Gasteiger partial charge is 0.399 e. The van der Waals surface area contributed by atoms with Gasteiger partial charge in [0.2, 0.25) is 0 Å². The fraction of sp³-hybridized carbons (Fsp3) is 0.286. The van der Waals surface area contributed by atoms with Crippen molar-refractivity contribution in [2.24, 2.45) is 5.92 Å². The molecule has 4 N–H and O–H groups in total. The minimum absolute atomic E-state index is 0.396. The van der Waals surface area contributed by atoms with E-state index in [0.717, 1.165) is 5.57 Å². The first-order valence-corrected chi connectivity index (χ1v) is 6.20. The second kappa shape index (κ2) is 5.56. The van der Waals surface area contributed by atoms with Gasteiger partial charge in [0.1, 0.15) is 0 Å². The number of carbonyl (C=O) groups is 2. The van der Waals surface area contributed by atoms with Gasteiger partial charge >= 0.3 is 6.03 Å². The van der Waals surface area contributed by atoms with E-state index in [1.807, 2.05) is 6.92 Å². The molecule has 1 aliphatic carbocycles. The average Bonchev–Trinajstić information content (AvgIpc) is 3.21. The molecule has 19 heavy (non-hydrogen) atoms. The van der Waals surface area contributed by atoms with E-state index in [4.69, 9.17) is 5.73 Å². The first-order chi connectivity index (χ1) is 9.06. The minimum Gasteiger partial charge on any atom is -0.399 e. The van der Waals surface area contributed by atoms with E-state index in [1.165, 1.54) is 12.8 Å². The SMILES string of the molecule is C/C(=C\NC(=O)NC(=O)c1ccc(N)cc1)C1CC1. The Labute approximate surface area is 111 Å². The highest BCUT2D eigenvalue weighted by atomic mass is 16.2. The Balaban J connectivity index is 1.86. The molecule has 1 saturated carbocycles. The zero-order valence-corrected chi connectivity index (χ0v) is 10.8. The van der Waals surface area contributed by atoms with E-state index in [1.54, 1.807) is 30.5 Å². The Morgan fingerprint density at radius 2 is 1.89 bits per heavy atom. The summed E-state index contributed by atoms with van der Waals surface area (Å²) >= 11 is 0. The third-order valence-corrected chi connectivity index (χ3v) is 3.05. The summed E-state index contributed by atoms with van der Waals surface area (Å²) in [5, 5.41) is 4.81. The summed E-state index contributed by atoms with van der Waals surface area (Å²) in [4.78, 5) is 23.3. The predicted octanol–water partition coefficient (Wildman–Crippen LogP) is 2.02. The van der Waals surface area contributed by atoms with E-state index in [9.17, 15) is 9.59 Å². The first-order valence-electron chi connectivity index (χ1n) is 6.20. The van der Waals surface area contributed by atoms with Crippen molar-refractivity contribution in [1.29, 1.82) is 0 Å². The van der Waals surface area contributed by atoms with Gasteiger partial charge in [-0.2, -0.15) is 0 Å². The lowest BCUT2D eigenvalue weighted by atomic mass is 10.2. The van der Waals surface area contributed by atoms with Gasteiger partial charge < -0.3 is 11.1 Å². The number of hydrogen-bond donors (Lipinski definition) is 3. The second-order valence-corrected chi connectivity index (χ2v) is 4.71. The van der Waals surface area contributed by atoms with Crippen LogP contribution in [0.1, 0.15) is 30.1 Å². The van der Waals surface area contributed by atoms with Crippen molar-refractivity contribution >= 4 is 17.6 Å². The summed E-state index contributed by atoms with van der Waals surface area (Å²) in [6.07, 6.45) is 4.01. The third kappa shape index (κ3) is 3.84. The summed E-state index contributed by atoms with van der Waals surface area (Å²) in [5.74, 6) is 0.142. The van der Waals surface area contributed by atoms with Crippen molar-refractivity contribution in [2.75, 3.05) is 5.73 Å². The monoisotopic (exact) mass is 259 g/mol. The number of allylic oxidation sites excluding steroid dienone is 1. The number of nitrogen functional groups attached to an aromatic ring is 1. The van der Waals surface area contributed by atoms with E-state index in [-0.39, 0.29) is 0 Å². The van der Waals surface area contributed by atoms with Crippen molar-refractivity contribution < 1.29 is 9.59 Å². The molecule has 0 unspecified atom stereocenters. The Morgan fingerprint density at radius 3 is 2.47 bits per heavy atom. The molecule has 100 valence electrons. The molecule has 0 heterocycles. The molecule has 0 radical (unpaired) electrons. The Bertz CT molecular complexity index is 516. The number of nitrogens with two attached hydrogens (primary N) is 1. The van der Waals surface area contributed by atoms with Crippen LogP contribution in [0.5, 0.6) is 0 Å². The smallest absolute Gasteiger partial charge is 0.325 e. The number of benzene rings is 1. The number of carbonyl (C=O) groups excluding carboxylic acids is 2. The van der Waals surface area contributed by atoms with E-state index >= 15 is 0 Å². The van der Waals surface area contributed by atoms with Crippen molar-refractivity contribution in [3.63, 3.8) is 0 Å². The van der Waals surface area contributed by atoms with E-state index in [2.05, 4.69) is 10.6 Å². The maximum Gasteiger partial charge on any atom is 0.325 e. The molecule has 1 aromatic carbocycles. The van der Waals surface area contributed by atoms with Crippen molar-refractivity contribution in [1.82, 2.24) is 10.6 Å². The first kappa shape index (κ1) is 13.1. The van der Waals surface area contributed by atoms with Crippen LogP contribution < -0.4 is 16.4 Å². The zero-order valence-electron chi connectivity index (χ0n) is 10.8. The number of amides is 3. The molecule has 3 amide bonds. The fourth-order valence-electron chi connectivity index (χ4n) is 1.68. The zero-order chi connectivity index (χ0) is 13.8. The van der Waals surface area contributed by atoms with Crippen LogP contribution in [0.25, 0.3) is 0 Å². The molecule has 2 rings (SSSR count). The summed E-state index contributed by atoms with van der Waals surface area (Å²) in [7, 11) is 0. The van der Waals surface area contributed by atoms with Crippen LogP contribution in [0.3, 0.4) is 0 Å². The van der Waals surface area contributed by atoms with Gasteiger partial charge in [0, 0.05) is 17.5 Å². The Morgan fingerprint density at radius 1 is 1.26 bits per heavy atom. The van der Waals surface area contributed by atoms with Gasteiger partial charge in [0.15, 0.2) is 0 Å². The van der Waals surface area contributed by atoms with Crippen LogP contribution in [0.2, 0.25) is 0 Å². The van der Waals surface area contributed by atoms with Crippen LogP contribution in [-0.4, -0.2) is 11.9 Å². The third-order valence-electron chi connectivity index (χ3n) is 3.05. The molecule has 1 aliphatic rings. The molecule has 0 aliphatic heterocycles. The highest BCUT2D eigenvalue weighted by molar-refractivity contribution is 6.04. The number of hydrogen-bond acceptors (Lipinski definition) is 3. The molecular weight excluding hydrogens is 242 g/mol. The van der Waals surface area contributed by atoms with Gasteiger partial charge in [0.05, 0.1) is 0 Å². The molecule has 0 atom stereocenters. The lowest BCUT2D eigenvalue weighted by Gasteiger charge is -2.05. The molecule has 1 aromatic rings. The lowest BCUT2D eigenvalue weighted by molar-refractivity contribution is 0.0965. The summed E-state index contributed by atoms with van der Waals surface area (Å²) in [6, 6.07) is 5.85. The highest BCUT2D eigenvalue weighted by Crippen LogP contribution is 2.35. The van der Waals surface area contributed by atoms with Gasteiger partial charge in [-0.15, -0.1) is 0 Å². The van der Waals surface area contributed by atoms with Crippen molar-refractivity contribution in [2.45, 2.75) is 19.8 Å². The van der Waals surface area contributed by atoms with E-state index < -0.39 is 11.9 Å². The Kier molecular flexibility index (Phi) is 3.85. The molecular formula is C14H17N3O2. The fourth-order valence-corrected chi connectivity index (χ4v) is 1.68. The maximum absolute atomic E-state index is 11.7. The van der Waals surface area contributed by atoms with Crippen molar-refractivity contribution in [3.05, 3.63) is 41.6 Å². The number of anilines is 1. The van der Waals surface area contributed by atoms with Gasteiger partial charge in [-0.05, 0) is 49.9 Å². The average molecular weight is 259 g/mol. The van der Waals surface area contributed by atoms with Gasteiger partial charge in [-0.25, -0.2) is 4.79 Å². The second-order valence-electron chi connectivity index (χ2n) is 4.71. The van der Waals surface area contributed by atoms with Crippen LogP contribution in [0, 0.1) is 5.92 Å². The number of rotatable bonds is 3. The normalized spacial score (nSPS) is 14.9. The van der Waals surface area contributed by atoms with Gasteiger partial charge in [0.25, 0.3) is 5.91 Å². The lowest BCUT2D eigenvalue weighted by Crippen LogP contribution is -2.37. The van der Waals surface area contributed by atoms with Crippen LogP contribution in [0.15, 0.2) is 36.0 Å². The standard InChI is InChI=1S/C14H17N3O2/c1-9(10-2-3-10)8-16-14(19)17-13(18)11-4-6-12(15)7-5-11/h4-8,10H,2-3,15H2,1H3,(H2,16,17,18,19)/b9-8+. The molecule has 1 fully saturated rings. The minimum atomic E-state index is -0.526. The Hall–Kier alpha value is -2.30. The number of imide groups is 1. The van der Waals surface area contributed by atoms with E-state index in [0.29, 0.717) is 17.2 Å². The molecule has 0 aromatic heterocycles. The highest BCUT2D eigenvalue weighted by Gasteiger charge is 2.22. The van der Waals surface area contributed by atoms with Crippen molar-refractivity contribution in [3.8, 4) is 0 Å². The molecule has 0 spiro atoms. The summed E-state index contributed by atoms with van der Waals surface area (Å²) in [6.45, 7) is 1.97. The maximum atomic E-state index is 11.7. The quantitative estimate of drug-likeness (QED) is 0.726.